The molecule has 9 heteroatoms. The van der Waals surface area contributed by atoms with E-state index in [0.717, 1.165) is 30.7 Å². The summed E-state index contributed by atoms with van der Waals surface area (Å²) in [7, 11) is 2.06. The Morgan fingerprint density at radius 1 is 1.06 bits per heavy atom. The van der Waals surface area contributed by atoms with E-state index < -0.39 is 23.4 Å². The molecule has 1 atom stereocenters. The first-order valence-electron chi connectivity index (χ1n) is 10.6. The molecule has 2 heterocycles. The number of benzene rings is 2. The highest BCUT2D eigenvalue weighted by Gasteiger charge is 2.26. The molecule has 0 saturated carbocycles. The summed E-state index contributed by atoms with van der Waals surface area (Å²) in [5.41, 5.74) is 3.28. The number of ether oxygens (including phenoxy) is 1. The van der Waals surface area contributed by atoms with Crippen LogP contribution in [-0.2, 0) is 20.7 Å². The zero-order valence-electron chi connectivity index (χ0n) is 17.9. The van der Waals surface area contributed by atoms with Crippen molar-refractivity contribution in [3.8, 4) is 0 Å². The van der Waals surface area contributed by atoms with E-state index in [-0.39, 0.29) is 18.3 Å². The van der Waals surface area contributed by atoms with Crippen LogP contribution >= 0.6 is 0 Å². The predicted molar refractivity (Wildman–Crippen MR) is 117 cm³/mol. The largest absolute Gasteiger partial charge is 0.379 e. The molecule has 0 bridgehead atoms. The molecular formula is C23H26F2N4O3. The van der Waals surface area contributed by atoms with Crippen molar-refractivity contribution < 1.29 is 23.1 Å². The Hall–Kier alpha value is -3.04. The second kappa shape index (κ2) is 9.62. The van der Waals surface area contributed by atoms with Crippen LogP contribution in [0.3, 0.4) is 0 Å². The van der Waals surface area contributed by atoms with Gasteiger partial charge in [-0.2, -0.15) is 0 Å². The molecule has 2 aromatic carbocycles. The first-order chi connectivity index (χ1) is 15.4. The van der Waals surface area contributed by atoms with Gasteiger partial charge in [-0.1, -0.05) is 12.1 Å². The van der Waals surface area contributed by atoms with Crippen molar-refractivity contribution >= 4 is 23.2 Å². The van der Waals surface area contributed by atoms with Crippen molar-refractivity contribution in [1.29, 1.82) is 0 Å². The Bertz CT molecular complexity index is 1010. The van der Waals surface area contributed by atoms with E-state index in [1.54, 1.807) is 0 Å². The Morgan fingerprint density at radius 3 is 2.59 bits per heavy atom. The van der Waals surface area contributed by atoms with Gasteiger partial charge in [0.25, 0.3) is 0 Å². The zero-order chi connectivity index (χ0) is 22.7. The third-order valence-corrected chi connectivity index (χ3v) is 5.94. The fourth-order valence-electron chi connectivity index (χ4n) is 4.18. The summed E-state index contributed by atoms with van der Waals surface area (Å²) < 4.78 is 32.3. The van der Waals surface area contributed by atoms with Crippen LogP contribution in [0.25, 0.3) is 0 Å². The molecule has 2 aromatic rings. The number of morpholine rings is 1. The molecule has 2 N–H and O–H groups in total. The van der Waals surface area contributed by atoms with Gasteiger partial charge in [-0.15, -0.1) is 0 Å². The maximum absolute atomic E-state index is 13.8. The maximum Gasteiger partial charge on any atom is 0.313 e. The number of nitrogens with one attached hydrogen (secondary N) is 2. The van der Waals surface area contributed by atoms with Crippen LogP contribution in [0.4, 0.5) is 20.2 Å². The van der Waals surface area contributed by atoms with E-state index in [1.807, 2.05) is 0 Å². The Morgan fingerprint density at radius 2 is 1.84 bits per heavy atom. The number of carbonyl (C=O) groups is 2. The molecule has 0 radical (unpaired) electrons. The van der Waals surface area contributed by atoms with Crippen molar-refractivity contribution in [3.05, 3.63) is 59.2 Å². The molecule has 1 saturated heterocycles. The number of nitrogens with zero attached hydrogens (tertiary/aromatic N) is 2. The number of rotatable bonds is 5. The molecular weight excluding hydrogens is 418 g/mol. The minimum Gasteiger partial charge on any atom is -0.379 e. The number of carbonyl (C=O) groups excluding carboxylic acids is 2. The molecule has 7 nitrogen and oxygen atoms in total. The maximum atomic E-state index is 13.8. The molecule has 0 spiro atoms. The fourth-order valence-corrected chi connectivity index (χ4v) is 4.18. The minimum atomic E-state index is -1.01. The van der Waals surface area contributed by atoms with Crippen molar-refractivity contribution in [2.75, 3.05) is 56.7 Å². The van der Waals surface area contributed by atoms with E-state index in [4.69, 9.17) is 4.74 Å². The van der Waals surface area contributed by atoms with Crippen molar-refractivity contribution in [3.63, 3.8) is 0 Å². The standard InChI is InChI=1S/C23H26F2N4O3/c1-28-7-6-16-12-15(2-5-20(16)28)21(29-8-10-32-11-9-29)14-26-22(30)23(31)27-19-4-3-17(24)13-18(19)25/h2-5,12-13,21H,6-11,14H2,1H3,(H,26,30)(H,27,31). The Kier molecular flexibility index (Phi) is 6.66. The number of halogens is 2. The number of amides is 2. The summed E-state index contributed by atoms with van der Waals surface area (Å²) in [5, 5.41) is 4.85. The average molecular weight is 444 g/mol. The SMILES string of the molecule is CN1CCc2cc(C(CNC(=O)C(=O)Nc3ccc(F)cc3F)N3CCOCC3)ccc21. The fraction of sp³-hybridized carbons (Fsp3) is 0.391. The summed E-state index contributed by atoms with van der Waals surface area (Å²) in [6.45, 7) is 3.81. The van der Waals surface area contributed by atoms with Crippen LogP contribution < -0.4 is 15.5 Å². The van der Waals surface area contributed by atoms with Gasteiger partial charge in [0.15, 0.2) is 0 Å². The molecule has 0 aliphatic carbocycles. The summed E-state index contributed by atoms with van der Waals surface area (Å²) >= 11 is 0. The van der Waals surface area contributed by atoms with Crippen molar-refractivity contribution in [2.45, 2.75) is 12.5 Å². The number of fused-ring (bicyclic) bond motifs is 1. The number of hydrogen-bond donors (Lipinski definition) is 2. The second-order valence-electron chi connectivity index (χ2n) is 8.01. The van der Waals surface area contributed by atoms with E-state index in [9.17, 15) is 18.4 Å². The lowest BCUT2D eigenvalue weighted by Gasteiger charge is -2.35. The molecule has 0 aromatic heterocycles. The van der Waals surface area contributed by atoms with E-state index in [0.29, 0.717) is 32.4 Å². The predicted octanol–water partition coefficient (Wildman–Crippen LogP) is 2.09. The quantitative estimate of drug-likeness (QED) is 0.691. The number of anilines is 2. The molecule has 2 aliphatic heterocycles. The third kappa shape index (κ3) is 4.89. The third-order valence-electron chi connectivity index (χ3n) is 5.94. The van der Waals surface area contributed by atoms with Gasteiger partial charge in [0.1, 0.15) is 11.6 Å². The highest BCUT2D eigenvalue weighted by Crippen LogP contribution is 2.31. The van der Waals surface area contributed by atoms with Gasteiger partial charge in [0, 0.05) is 45.0 Å². The monoisotopic (exact) mass is 444 g/mol. The summed E-state index contributed by atoms with van der Waals surface area (Å²) in [4.78, 5) is 29.1. The normalized spacial score (nSPS) is 17.0. The van der Waals surface area contributed by atoms with Gasteiger partial charge in [-0.05, 0) is 35.7 Å². The van der Waals surface area contributed by atoms with Crippen LogP contribution in [0.15, 0.2) is 36.4 Å². The van der Waals surface area contributed by atoms with E-state index in [2.05, 4.69) is 45.7 Å². The highest BCUT2D eigenvalue weighted by molar-refractivity contribution is 6.39. The van der Waals surface area contributed by atoms with Crippen LogP contribution in [0.1, 0.15) is 17.2 Å². The van der Waals surface area contributed by atoms with Gasteiger partial charge in [-0.25, -0.2) is 8.78 Å². The number of hydrogen-bond acceptors (Lipinski definition) is 5. The van der Waals surface area contributed by atoms with Gasteiger partial charge in [-0.3, -0.25) is 14.5 Å². The molecule has 1 unspecified atom stereocenters. The lowest BCUT2D eigenvalue weighted by Crippen LogP contribution is -2.45. The van der Waals surface area contributed by atoms with Crippen molar-refractivity contribution in [1.82, 2.24) is 10.2 Å². The van der Waals surface area contributed by atoms with Crippen LogP contribution in [0, 0.1) is 11.6 Å². The molecule has 2 amide bonds. The van der Waals surface area contributed by atoms with Gasteiger partial charge >= 0.3 is 11.8 Å². The van der Waals surface area contributed by atoms with Gasteiger partial charge < -0.3 is 20.3 Å². The van der Waals surface area contributed by atoms with Gasteiger partial charge in [0.05, 0.1) is 24.9 Å². The Balaban J connectivity index is 1.45. The number of likely N-dealkylation sites (N-methyl/N-ethyl adjacent to an activating group) is 1. The highest BCUT2D eigenvalue weighted by atomic mass is 19.1. The molecule has 4 rings (SSSR count). The average Bonchev–Trinajstić information content (AvgIpc) is 3.16. The molecule has 2 aliphatic rings. The first kappa shape index (κ1) is 22.2. The van der Waals surface area contributed by atoms with Crippen molar-refractivity contribution in [2.24, 2.45) is 0 Å². The second-order valence-corrected chi connectivity index (χ2v) is 8.01. The molecule has 1 fully saturated rings. The van der Waals surface area contributed by atoms with Crippen LogP contribution in [-0.4, -0.2) is 63.2 Å². The lowest BCUT2D eigenvalue weighted by molar-refractivity contribution is -0.136. The van der Waals surface area contributed by atoms with E-state index >= 15 is 0 Å². The van der Waals surface area contributed by atoms with E-state index in [1.165, 1.54) is 11.3 Å². The lowest BCUT2D eigenvalue weighted by atomic mass is 10.0. The van der Waals surface area contributed by atoms with Crippen LogP contribution in [0.2, 0.25) is 0 Å². The van der Waals surface area contributed by atoms with Crippen LogP contribution in [0.5, 0.6) is 0 Å². The smallest absolute Gasteiger partial charge is 0.313 e. The zero-order valence-corrected chi connectivity index (χ0v) is 17.9. The Labute approximate surface area is 185 Å². The summed E-state index contributed by atoms with van der Waals surface area (Å²) in [6, 6.07) is 8.92. The first-order valence-corrected chi connectivity index (χ1v) is 10.6. The summed E-state index contributed by atoms with van der Waals surface area (Å²) in [5.74, 6) is -3.60. The summed E-state index contributed by atoms with van der Waals surface area (Å²) in [6.07, 6.45) is 0.966. The topological polar surface area (TPSA) is 73.9 Å². The molecule has 170 valence electrons. The minimum absolute atomic E-state index is 0.130. The van der Waals surface area contributed by atoms with Gasteiger partial charge in [0.2, 0.25) is 0 Å². The molecule has 32 heavy (non-hydrogen) atoms.